The van der Waals surface area contributed by atoms with Crippen molar-refractivity contribution in [2.45, 2.75) is 6.54 Å². The van der Waals surface area contributed by atoms with E-state index in [1.807, 2.05) is 24.1 Å². The first-order valence-corrected chi connectivity index (χ1v) is 6.50. The average Bonchev–Trinajstić information content (AvgIpc) is 2.63. The fourth-order valence-corrected chi connectivity index (χ4v) is 2.93. The number of nitrogens with two attached hydrogens (primary N) is 1. The minimum absolute atomic E-state index is 0.551. The first-order valence-electron chi connectivity index (χ1n) is 4.92. The van der Waals surface area contributed by atoms with Crippen molar-refractivity contribution in [2.24, 2.45) is 0 Å². The van der Waals surface area contributed by atoms with Crippen molar-refractivity contribution in [2.75, 3.05) is 17.7 Å². The van der Waals surface area contributed by atoms with E-state index < -0.39 is 0 Å². The van der Waals surface area contributed by atoms with Gasteiger partial charge in [-0.1, -0.05) is 23.2 Å². The molecule has 2 rings (SSSR count). The second kappa shape index (κ2) is 5.12. The van der Waals surface area contributed by atoms with Crippen LogP contribution in [-0.4, -0.2) is 12.0 Å². The van der Waals surface area contributed by atoms with Gasteiger partial charge in [-0.15, -0.1) is 11.3 Å². The Balaban J connectivity index is 2.17. The number of thiophene rings is 1. The zero-order valence-electron chi connectivity index (χ0n) is 9.15. The van der Waals surface area contributed by atoms with Gasteiger partial charge in [0.1, 0.15) is 5.82 Å². The molecule has 0 saturated heterocycles. The number of hydrogen-bond donors (Lipinski definition) is 1. The Kier molecular flexibility index (Phi) is 3.76. The third-order valence-electron chi connectivity index (χ3n) is 2.23. The molecule has 3 nitrogen and oxygen atoms in total. The summed E-state index contributed by atoms with van der Waals surface area (Å²) in [4.78, 5) is 7.34. The fraction of sp³-hybridized carbons (Fsp3) is 0.182. The van der Waals surface area contributed by atoms with Crippen molar-refractivity contribution in [1.82, 2.24) is 4.98 Å². The summed E-state index contributed by atoms with van der Waals surface area (Å²) >= 11 is 13.5. The van der Waals surface area contributed by atoms with Crippen molar-refractivity contribution in [3.63, 3.8) is 0 Å². The van der Waals surface area contributed by atoms with E-state index in [0.717, 1.165) is 9.21 Å². The largest absolute Gasteiger partial charge is 0.397 e. The van der Waals surface area contributed by atoms with Crippen LogP contribution in [0.5, 0.6) is 0 Å². The average molecular weight is 288 g/mol. The summed E-state index contributed by atoms with van der Waals surface area (Å²) in [6.45, 7) is 0.716. The zero-order valence-corrected chi connectivity index (χ0v) is 11.5. The Morgan fingerprint density at radius 3 is 2.76 bits per heavy atom. The van der Waals surface area contributed by atoms with Crippen LogP contribution in [0.4, 0.5) is 11.5 Å². The highest BCUT2D eigenvalue weighted by Gasteiger charge is 2.09. The second-order valence-corrected chi connectivity index (χ2v) is 5.84. The Morgan fingerprint density at radius 2 is 2.18 bits per heavy atom. The lowest BCUT2D eigenvalue weighted by Gasteiger charge is -2.18. The summed E-state index contributed by atoms with van der Waals surface area (Å²) in [5, 5.41) is 0.551. The first-order chi connectivity index (χ1) is 8.06. The van der Waals surface area contributed by atoms with E-state index in [9.17, 15) is 0 Å². The van der Waals surface area contributed by atoms with Gasteiger partial charge in [0.25, 0.3) is 0 Å². The highest BCUT2D eigenvalue weighted by molar-refractivity contribution is 7.16. The third kappa shape index (κ3) is 3.03. The van der Waals surface area contributed by atoms with E-state index >= 15 is 0 Å². The van der Waals surface area contributed by atoms with Crippen LogP contribution >= 0.6 is 34.5 Å². The van der Waals surface area contributed by atoms with Gasteiger partial charge < -0.3 is 10.6 Å². The molecule has 0 aliphatic rings. The van der Waals surface area contributed by atoms with Gasteiger partial charge >= 0.3 is 0 Å². The van der Waals surface area contributed by atoms with Crippen LogP contribution in [0, 0.1) is 0 Å². The Hall–Kier alpha value is -0.970. The molecule has 2 aromatic heterocycles. The second-order valence-electron chi connectivity index (χ2n) is 3.64. The van der Waals surface area contributed by atoms with Crippen molar-refractivity contribution in [3.05, 3.63) is 38.6 Å². The standard InChI is InChI=1S/C11H11Cl2N3S/c1-16(6-8-2-3-10(13)17-8)11-9(12)4-7(14)5-15-11/h2-5H,6,14H2,1H3. The van der Waals surface area contributed by atoms with E-state index in [0.29, 0.717) is 23.1 Å². The van der Waals surface area contributed by atoms with Gasteiger partial charge in [-0.2, -0.15) is 0 Å². The van der Waals surface area contributed by atoms with Gasteiger partial charge in [0.2, 0.25) is 0 Å². The van der Waals surface area contributed by atoms with Crippen LogP contribution in [0.1, 0.15) is 4.88 Å². The molecule has 0 fully saturated rings. The molecule has 0 spiro atoms. The molecule has 0 aliphatic heterocycles. The molecule has 0 unspecified atom stereocenters. The molecular formula is C11H11Cl2N3S. The topological polar surface area (TPSA) is 42.2 Å². The van der Waals surface area contributed by atoms with E-state index in [1.54, 1.807) is 23.6 Å². The molecule has 0 saturated carbocycles. The number of hydrogen-bond acceptors (Lipinski definition) is 4. The lowest BCUT2D eigenvalue weighted by molar-refractivity contribution is 0.913. The van der Waals surface area contributed by atoms with Crippen molar-refractivity contribution in [1.29, 1.82) is 0 Å². The number of rotatable bonds is 3. The number of anilines is 2. The number of halogens is 2. The normalized spacial score (nSPS) is 10.5. The molecule has 2 heterocycles. The summed E-state index contributed by atoms with van der Waals surface area (Å²) in [5.41, 5.74) is 6.16. The molecule has 90 valence electrons. The van der Waals surface area contributed by atoms with Gasteiger partial charge in [0, 0.05) is 11.9 Å². The molecule has 2 aromatic rings. The maximum atomic E-state index is 6.09. The number of nitrogens with zero attached hydrogens (tertiary/aromatic N) is 2. The van der Waals surface area contributed by atoms with Gasteiger partial charge in [0.05, 0.1) is 27.8 Å². The highest BCUT2D eigenvalue weighted by Crippen LogP contribution is 2.27. The summed E-state index contributed by atoms with van der Waals surface area (Å²) in [5.74, 6) is 0.713. The van der Waals surface area contributed by atoms with E-state index in [1.165, 1.54) is 0 Å². The monoisotopic (exact) mass is 287 g/mol. The lowest BCUT2D eigenvalue weighted by atomic mass is 10.3. The minimum Gasteiger partial charge on any atom is -0.397 e. The van der Waals surface area contributed by atoms with Crippen molar-refractivity contribution >= 4 is 46.0 Å². The minimum atomic E-state index is 0.551. The molecular weight excluding hydrogens is 277 g/mol. The van der Waals surface area contributed by atoms with E-state index in [4.69, 9.17) is 28.9 Å². The van der Waals surface area contributed by atoms with Crippen LogP contribution in [-0.2, 0) is 6.54 Å². The number of pyridine rings is 1. The quantitative estimate of drug-likeness (QED) is 0.937. The van der Waals surface area contributed by atoms with Crippen LogP contribution in [0.25, 0.3) is 0 Å². The van der Waals surface area contributed by atoms with Crippen molar-refractivity contribution in [3.8, 4) is 0 Å². The molecule has 0 radical (unpaired) electrons. The Labute approximate surface area is 114 Å². The predicted molar refractivity (Wildman–Crippen MR) is 75.1 cm³/mol. The Bertz CT molecular complexity index is 527. The maximum Gasteiger partial charge on any atom is 0.147 e. The summed E-state index contributed by atoms with van der Waals surface area (Å²) in [6.07, 6.45) is 1.60. The molecule has 17 heavy (non-hydrogen) atoms. The first kappa shape index (κ1) is 12.5. The molecule has 0 aliphatic carbocycles. The molecule has 2 N–H and O–H groups in total. The summed E-state index contributed by atoms with van der Waals surface area (Å²) in [6, 6.07) is 5.57. The fourth-order valence-electron chi connectivity index (χ4n) is 1.47. The summed E-state index contributed by atoms with van der Waals surface area (Å²) in [7, 11) is 1.93. The molecule has 0 bridgehead atoms. The maximum absolute atomic E-state index is 6.09. The smallest absolute Gasteiger partial charge is 0.147 e. The predicted octanol–water partition coefficient (Wildman–Crippen LogP) is 3.67. The van der Waals surface area contributed by atoms with Crippen molar-refractivity contribution < 1.29 is 0 Å². The van der Waals surface area contributed by atoms with Gasteiger partial charge in [-0.05, 0) is 18.2 Å². The number of nitrogen functional groups attached to an aromatic ring is 1. The lowest BCUT2D eigenvalue weighted by Crippen LogP contribution is -2.17. The van der Waals surface area contributed by atoms with Crippen LogP contribution < -0.4 is 10.6 Å². The molecule has 0 aromatic carbocycles. The zero-order chi connectivity index (χ0) is 12.4. The van der Waals surface area contributed by atoms with Crippen LogP contribution in [0.15, 0.2) is 24.4 Å². The van der Waals surface area contributed by atoms with Crippen LogP contribution in [0.2, 0.25) is 9.36 Å². The van der Waals surface area contributed by atoms with Crippen LogP contribution in [0.3, 0.4) is 0 Å². The SMILES string of the molecule is CN(Cc1ccc(Cl)s1)c1ncc(N)cc1Cl. The van der Waals surface area contributed by atoms with E-state index in [-0.39, 0.29) is 0 Å². The molecule has 0 atom stereocenters. The van der Waals surface area contributed by atoms with Gasteiger partial charge in [-0.3, -0.25) is 0 Å². The molecule has 6 heteroatoms. The van der Waals surface area contributed by atoms with Gasteiger partial charge in [0.15, 0.2) is 0 Å². The highest BCUT2D eigenvalue weighted by atomic mass is 35.5. The molecule has 0 amide bonds. The number of aromatic nitrogens is 1. The van der Waals surface area contributed by atoms with Gasteiger partial charge in [-0.25, -0.2) is 4.98 Å². The Morgan fingerprint density at radius 1 is 1.41 bits per heavy atom. The van der Waals surface area contributed by atoms with E-state index in [2.05, 4.69) is 4.98 Å². The summed E-state index contributed by atoms with van der Waals surface area (Å²) < 4.78 is 0.782. The third-order valence-corrected chi connectivity index (χ3v) is 3.72.